The third-order valence-corrected chi connectivity index (χ3v) is 4.53. The Morgan fingerprint density at radius 1 is 1.23 bits per heavy atom. The highest BCUT2D eigenvalue weighted by Gasteiger charge is 2.44. The lowest BCUT2D eigenvalue weighted by Gasteiger charge is -2.15. The van der Waals surface area contributed by atoms with Crippen molar-refractivity contribution in [3.63, 3.8) is 0 Å². The Balaban J connectivity index is 1.42. The van der Waals surface area contributed by atoms with Gasteiger partial charge in [-0.15, -0.1) is 0 Å². The first-order chi connectivity index (χ1) is 10.7. The third kappa shape index (κ3) is 3.29. The zero-order chi connectivity index (χ0) is 15.5. The van der Waals surface area contributed by atoms with Crippen LogP contribution in [-0.2, 0) is 9.59 Å². The molecule has 4 nitrogen and oxygen atoms in total. The molecule has 1 aliphatic carbocycles. The zero-order valence-electron chi connectivity index (χ0n) is 12.6. The molecule has 0 aromatic heterocycles. The van der Waals surface area contributed by atoms with E-state index >= 15 is 0 Å². The molecular weight excluding hydrogens is 283 g/mol. The van der Waals surface area contributed by atoms with E-state index in [1.54, 1.807) is 18.2 Å². The van der Waals surface area contributed by atoms with Gasteiger partial charge in [0, 0.05) is 32.0 Å². The molecule has 3 rings (SSSR count). The minimum Gasteiger partial charge on any atom is -0.355 e. The molecule has 0 radical (unpaired) electrons. The van der Waals surface area contributed by atoms with E-state index in [4.69, 9.17) is 0 Å². The topological polar surface area (TPSA) is 49.4 Å². The van der Waals surface area contributed by atoms with Gasteiger partial charge in [-0.2, -0.15) is 0 Å². The van der Waals surface area contributed by atoms with Gasteiger partial charge in [-0.05, 0) is 36.8 Å². The molecule has 5 heteroatoms. The highest BCUT2D eigenvalue weighted by Crippen LogP contribution is 2.48. The molecule has 1 aromatic carbocycles. The second-order valence-corrected chi connectivity index (χ2v) is 6.10. The largest absolute Gasteiger partial charge is 0.355 e. The smallest absolute Gasteiger partial charge is 0.224 e. The third-order valence-electron chi connectivity index (χ3n) is 4.53. The summed E-state index contributed by atoms with van der Waals surface area (Å²) in [7, 11) is 0. The summed E-state index contributed by atoms with van der Waals surface area (Å²) in [5.41, 5.74) is 0.621. The molecule has 1 N–H and O–H groups in total. The van der Waals surface area contributed by atoms with E-state index < -0.39 is 0 Å². The Morgan fingerprint density at radius 3 is 2.68 bits per heavy atom. The Kier molecular flexibility index (Phi) is 4.41. The van der Waals surface area contributed by atoms with E-state index in [0.29, 0.717) is 24.9 Å². The highest BCUT2D eigenvalue weighted by molar-refractivity contribution is 5.83. The molecule has 1 aromatic rings. The van der Waals surface area contributed by atoms with Gasteiger partial charge < -0.3 is 10.2 Å². The van der Waals surface area contributed by atoms with E-state index in [1.165, 1.54) is 6.07 Å². The van der Waals surface area contributed by atoms with Crippen LogP contribution >= 0.6 is 0 Å². The van der Waals surface area contributed by atoms with E-state index in [-0.39, 0.29) is 29.5 Å². The summed E-state index contributed by atoms with van der Waals surface area (Å²) in [6, 6.07) is 6.61. The normalized spacial score (nSPS) is 23.4. The summed E-state index contributed by atoms with van der Waals surface area (Å²) >= 11 is 0. The van der Waals surface area contributed by atoms with Crippen LogP contribution in [0.15, 0.2) is 24.3 Å². The Morgan fingerprint density at radius 2 is 1.95 bits per heavy atom. The number of benzene rings is 1. The van der Waals surface area contributed by atoms with Gasteiger partial charge in [-0.25, -0.2) is 4.39 Å². The molecule has 118 valence electrons. The summed E-state index contributed by atoms with van der Waals surface area (Å²) in [6.07, 6.45) is 3.19. The van der Waals surface area contributed by atoms with E-state index in [2.05, 4.69) is 5.32 Å². The average Bonchev–Trinajstić information content (AvgIpc) is 3.11. The minimum absolute atomic E-state index is 0.0181. The Labute approximate surface area is 129 Å². The predicted molar refractivity (Wildman–Crippen MR) is 80.7 cm³/mol. The molecule has 2 amide bonds. The van der Waals surface area contributed by atoms with Crippen molar-refractivity contribution in [2.45, 2.75) is 31.6 Å². The molecule has 2 fully saturated rings. The summed E-state index contributed by atoms with van der Waals surface area (Å²) < 4.78 is 13.7. The number of likely N-dealkylation sites (tertiary alicyclic amines) is 1. The van der Waals surface area contributed by atoms with Crippen LogP contribution in [0, 0.1) is 11.7 Å². The van der Waals surface area contributed by atoms with Crippen molar-refractivity contribution in [1.29, 1.82) is 0 Å². The van der Waals surface area contributed by atoms with Gasteiger partial charge in [0.1, 0.15) is 5.82 Å². The zero-order valence-corrected chi connectivity index (χ0v) is 12.6. The second-order valence-electron chi connectivity index (χ2n) is 6.10. The average molecular weight is 304 g/mol. The molecule has 1 heterocycles. The second kappa shape index (κ2) is 6.46. The van der Waals surface area contributed by atoms with Crippen LogP contribution in [0.4, 0.5) is 4.39 Å². The van der Waals surface area contributed by atoms with Gasteiger partial charge in [0.2, 0.25) is 11.8 Å². The molecule has 0 spiro atoms. The van der Waals surface area contributed by atoms with Crippen LogP contribution in [0.1, 0.15) is 37.2 Å². The molecule has 1 aliphatic heterocycles. The molecular formula is C17H21FN2O2. The molecule has 2 unspecified atom stereocenters. The summed E-state index contributed by atoms with van der Waals surface area (Å²) in [5.74, 6) is -0.372. The number of hydrogen-bond acceptors (Lipinski definition) is 2. The van der Waals surface area contributed by atoms with Gasteiger partial charge in [0.15, 0.2) is 0 Å². The molecule has 0 bridgehead atoms. The van der Waals surface area contributed by atoms with Gasteiger partial charge >= 0.3 is 0 Å². The molecule has 1 saturated heterocycles. The number of rotatable bonds is 5. The van der Waals surface area contributed by atoms with Crippen LogP contribution in [-0.4, -0.2) is 36.3 Å². The SMILES string of the molecule is O=C(NCCC(=O)N1CCCC1)C1CC1c1ccccc1F. The van der Waals surface area contributed by atoms with Crippen molar-refractivity contribution in [1.82, 2.24) is 10.2 Å². The van der Waals surface area contributed by atoms with Crippen molar-refractivity contribution >= 4 is 11.8 Å². The summed E-state index contributed by atoms with van der Waals surface area (Å²) in [4.78, 5) is 25.8. The van der Waals surface area contributed by atoms with Gasteiger partial charge in [0.25, 0.3) is 0 Å². The number of carbonyl (C=O) groups excluding carboxylic acids is 2. The Hall–Kier alpha value is -1.91. The number of halogens is 1. The number of amides is 2. The fraction of sp³-hybridized carbons (Fsp3) is 0.529. The maximum absolute atomic E-state index is 13.7. The van der Waals surface area contributed by atoms with Crippen molar-refractivity contribution in [3.8, 4) is 0 Å². The number of carbonyl (C=O) groups is 2. The molecule has 2 atom stereocenters. The number of nitrogens with one attached hydrogen (secondary N) is 1. The van der Waals surface area contributed by atoms with Crippen LogP contribution in [0.2, 0.25) is 0 Å². The van der Waals surface area contributed by atoms with Gasteiger partial charge in [0.05, 0.1) is 0 Å². The monoisotopic (exact) mass is 304 g/mol. The molecule has 22 heavy (non-hydrogen) atoms. The maximum Gasteiger partial charge on any atom is 0.224 e. The quantitative estimate of drug-likeness (QED) is 0.905. The minimum atomic E-state index is -0.244. The lowest BCUT2D eigenvalue weighted by atomic mass is 10.1. The van der Waals surface area contributed by atoms with Crippen molar-refractivity contribution in [2.24, 2.45) is 5.92 Å². The fourth-order valence-electron chi connectivity index (χ4n) is 3.15. The summed E-state index contributed by atoms with van der Waals surface area (Å²) in [5, 5.41) is 2.81. The first-order valence-corrected chi connectivity index (χ1v) is 7.96. The predicted octanol–water partition coefficient (Wildman–Crippen LogP) is 2.06. The van der Waals surface area contributed by atoms with E-state index in [9.17, 15) is 14.0 Å². The van der Waals surface area contributed by atoms with Crippen LogP contribution in [0.3, 0.4) is 0 Å². The van der Waals surface area contributed by atoms with Crippen molar-refractivity contribution in [3.05, 3.63) is 35.6 Å². The lowest BCUT2D eigenvalue weighted by molar-refractivity contribution is -0.130. The fourth-order valence-corrected chi connectivity index (χ4v) is 3.15. The van der Waals surface area contributed by atoms with Crippen molar-refractivity contribution in [2.75, 3.05) is 19.6 Å². The first kappa shape index (κ1) is 15.0. The van der Waals surface area contributed by atoms with Crippen LogP contribution in [0.25, 0.3) is 0 Å². The van der Waals surface area contributed by atoms with Crippen LogP contribution < -0.4 is 5.32 Å². The molecule has 1 saturated carbocycles. The highest BCUT2D eigenvalue weighted by atomic mass is 19.1. The lowest BCUT2D eigenvalue weighted by Crippen LogP contribution is -2.33. The van der Waals surface area contributed by atoms with Crippen LogP contribution in [0.5, 0.6) is 0 Å². The number of hydrogen-bond donors (Lipinski definition) is 1. The standard InChI is InChI=1S/C17H21FN2O2/c18-15-6-2-1-5-12(15)13-11-14(13)17(22)19-8-7-16(21)20-9-3-4-10-20/h1-2,5-6,13-14H,3-4,7-11H2,(H,19,22). The first-order valence-electron chi connectivity index (χ1n) is 7.96. The van der Waals surface area contributed by atoms with E-state index in [1.807, 2.05) is 4.90 Å². The Bertz CT molecular complexity index is 570. The number of nitrogens with zero attached hydrogens (tertiary/aromatic N) is 1. The van der Waals surface area contributed by atoms with Gasteiger partial charge in [-0.3, -0.25) is 9.59 Å². The maximum atomic E-state index is 13.7. The van der Waals surface area contributed by atoms with Gasteiger partial charge in [-0.1, -0.05) is 18.2 Å². The van der Waals surface area contributed by atoms with E-state index in [0.717, 1.165) is 25.9 Å². The van der Waals surface area contributed by atoms with Crippen molar-refractivity contribution < 1.29 is 14.0 Å². The molecule has 2 aliphatic rings. The summed E-state index contributed by atoms with van der Waals surface area (Å²) in [6.45, 7) is 2.05.